The van der Waals surface area contributed by atoms with Gasteiger partial charge in [0.2, 0.25) is 0 Å². The van der Waals surface area contributed by atoms with Crippen LogP contribution in [0.1, 0.15) is 26.3 Å². The van der Waals surface area contributed by atoms with Gasteiger partial charge >= 0.3 is 0 Å². The molecule has 2 rings (SSSR count). The van der Waals surface area contributed by atoms with Crippen LogP contribution in [0, 0.1) is 11.3 Å². The highest BCUT2D eigenvalue weighted by Gasteiger charge is 2.13. The van der Waals surface area contributed by atoms with E-state index in [0.29, 0.717) is 11.6 Å². The first kappa shape index (κ1) is 16.6. The lowest BCUT2D eigenvalue weighted by molar-refractivity contribution is -0.118. The Bertz CT molecular complexity index is 705. The van der Waals surface area contributed by atoms with Gasteiger partial charge in [-0.25, -0.2) is 0 Å². The molecule has 0 fully saturated rings. The number of nitriles is 1. The molecule has 0 aliphatic rings. The zero-order chi connectivity index (χ0) is 16.9. The summed E-state index contributed by atoms with van der Waals surface area (Å²) in [6.45, 7) is 6.47. The maximum Gasteiger partial charge on any atom is 0.263 e. The van der Waals surface area contributed by atoms with Gasteiger partial charge in [-0.05, 0) is 23.1 Å². The van der Waals surface area contributed by atoms with Crippen molar-refractivity contribution in [2.75, 3.05) is 11.9 Å². The number of aromatic nitrogens is 2. The smallest absolute Gasteiger partial charge is 0.263 e. The van der Waals surface area contributed by atoms with E-state index in [0.717, 1.165) is 0 Å². The summed E-state index contributed by atoms with van der Waals surface area (Å²) >= 11 is 0. The van der Waals surface area contributed by atoms with E-state index in [4.69, 9.17) is 10.00 Å². The van der Waals surface area contributed by atoms with Crippen LogP contribution in [0.25, 0.3) is 0 Å². The Kier molecular flexibility index (Phi) is 5.02. The maximum atomic E-state index is 11.8. The number of benzene rings is 1. The van der Waals surface area contributed by atoms with Crippen molar-refractivity contribution in [2.45, 2.75) is 32.7 Å². The number of ether oxygens (including phenoxy) is 1. The molecule has 0 aliphatic carbocycles. The number of anilines is 1. The highest BCUT2D eigenvalue weighted by Crippen LogP contribution is 2.24. The largest absolute Gasteiger partial charge is 0.484 e. The van der Waals surface area contributed by atoms with E-state index < -0.39 is 0 Å². The summed E-state index contributed by atoms with van der Waals surface area (Å²) in [5.74, 6) is 0.743. The van der Waals surface area contributed by atoms with Crippen molar-refractivity contribution < 1.29 is 9.53 Å². The molecule has 0 bridgehead atoms. The monoisotopic (exact) mass is 312 g/mol. The van der Waals surface area contributed by atoms with Gasteiger partial charge in [0.05, 0.1) is 6.07 Å². The van der Waals surface area contributed by atoms with Crippen molar-refractivity contribution in [2.24, 2.45) is 0 Å². The summed E-state index contributed by atoms with van der Waals surface area (Å²) < 4.78 is 6.91. The van der Waals surface area contributed by atoms with Crippen molar-refractivity contribution in [1.29, 1.82) is 5.26 Å². The second kappa shape index (κ2) is 6.97. The number of carbonyl (C=O) groups is 1. The van der Waals surface area contributed by atoms with E-state index in [9.17, 15) is 4.79 Å². The van der Waals surface area contributed by atoms with Crippen LogP contribution in [0.2, 0.25) is 0 Å². The summed E-state index contributed by atoms with van der Waals surface area (Å²) in [7, 11) is 0. The summed E-state index contributed by atoms with van der Waals surface area (Å²) in [6, 6.07) is 11.3. The van der Waals surface area contributed by atoms with E-state index in [1.807, 2.05) is 30.3 Å². The van der Waals surface area contributed by atoms with Gasteiger partial charge < -0.3 is 10.1 Å². The van der Waals surface area contributed by atoms with Crippen molar-refractivity contribution in [3.05, 3.63) is 42.1 Å². The van der Waals surface area contributed by atoms with Crippen LogP contribution in [0.4, 0.5) is 5.82 Å². The Morgan fingerprint density at radius 2 is 2.00 bits per heavy atom. The van der Waals surface area contributed by atoms with E-state index in [2.05, 4.69) is 31.2 Å². The van der Waals surface area contributed by atoms with Gasteiger partial charge in [-0.15, -0.1) is 0 Å². The number of nitrogens with zero attached hydrogens (tertiary/aromatic N) is 3. The Morgan fingerprint density at radius 3 is 2.61 bits per heavy atom. The van der Waals surface area contributed by atoms with E-state index in [1.54, 1.807) is 12.3 Å². The number of hydrogen-bond donors (Lipinski definition) is 1. The Morgan fingerprint density at radius 1 is 1.30 bits per heavy atom. The van der Waals surface area contributed by atoms with E-state index in [1.165, 1.54) is 10.2 Å². The molecule has 0 aliphatic heterocycles. The average Bonchev–Trinajstić information content (AvgIpc) is 2.92. The Hall–Kier alpha value is -2.81. The molecule has 120 valence electrons. The molecule has 6 heteroatoms. The summed E-state index contributed by atoms with van der Waals surface area (Å²) in [4.78, 5) is 11.8. The topological polar surface area (TPSA) is 79.9 Å². The lowest BCUT2D eigenvalue weighted by atomic mass is 9.87. The molecule has 1 aromatic heterocycles. The van der Waals surface area contributed by atoms with Gasteiger partial charge in [0.25, 0.3) is 5.91 Å². The summed E-state index contributed by atoms with van der Waals surface area (Å²) in [5, 5.41) is 15.2. The summed E-state index contributed by atoms with van der Waals surface area (Å²) in [5.41, 5.74) is 1.29. The second-order valence-electron chi connectivity index (χ2n) is 6.17. The maximum absolute atomic E-state index is 11.8. The number of carbonyl (C=O) groups excluding carboxylic acids is 1. The zero-order valence-electron chi connectivity index (χ0n) is 13.5. The fourth-order valence-electron chi connectivity index (χ4n) is 1.97. The molecule has 1 aromatic carbocycles. The average molecular weight is 312 g/mol. The molecule has 23 heavy (non-hydrogen) atoms. The second-order valence-corrected chi connectivity index (χ2v) is 6.17. The molecule has 0 saturated heterocycles. The van der Waals surface area contributed by atoms with Crippen LogP contribution in [-0.2, 0) is 16.8 Å². The van der Waals surface area contributed by atoms with Crippen LogP contribution in [-0.4, -0.2) is 22.3 Å². The zero-order valence-corrected chi connectivity index (χ0v) is 13.5. The minimum absolute atomic E-state index is 0.0815. The number of hydrogen-bond acceptors (Lipinski definition) is 4. The fraction of sp³-hybridized carbons (Fsp3) is 0.353. The van der Waals surface area contributed by atoms with Gasteiger partial charge in [0.15, 0.2) is 12.4 Å². The van der Waals surface area contributed by atoms with E-state index >= 15 is 0 Å². The van der Waals surface area contributed by atoms with Crippen LogP contribution < -0.4 is 10.1 Å². The highest BCUT2D eigenvalue weighted by molar-refractivity contribution is 5.90. The summed E-state index contributed by atoms with van der Waals surface area (Å²) in [6.07, 6.45) is 1.63. The van der Waals surface area contributed by atoms with Gasteiger partial charge in [-0.1, -0.05) is 32.9 Å². The first-order chi connectivity index (χ1) is 10.9. The number of nitrogens with one attached hydrogen (secondary N) is 1. The first-order valence-corrected chi connectivity index (χ1v) is 7.32. The van der Waals surface area contributed by atoms with Crippen molar-refractivity contribution in [3.63, 3.8) is 0 Å². The standard InChI is InChI=1S/C17H20N4O2/c1-17(2,3)13-4-6-14(7-5-13)23-12-16(22)19-15-8-10-21(20-15)11-9-18/h4-8,10H,11-12H2,1-3H3,(H,19,20,22). The van der Waals surface area contributed by atoms with E-state index in [-0.39, 0.29) is 24.5 Å². The molecular weight excluding hydrogens is 292 g/mol. The van der Waals surface area contributed by atoms with Gasteiger partial charge in [-0.3, -0.25) is 9.48 Å². The predicted molar refractivity (Wildman–Crippen MR) is 87.1 cm³/mol. The van der Waals surface area contributed by atoms with Crippen molar-refractivity contribution >= 4 is 11.7 Å². The molecule has 0 spiro atoms. The van der Waals surface area contributed by atoms with Crippen molar-refractivity contribution in [3.8, 4) is 11.8 Å². The highest BCUT2D eigenvalue weighted by atomic mass is 16.5. The van der Waals surface area contributed by atoms with Crippen LogP contribution in [0.15, 0.2) is 36.5 Å². The fourth-order valence-corrected chi connectivity index (χ4v) is 1.97. The first-order valence-electron chi connectivity index (χ1n) is 7.32. The number of amides is 1. The molecule has 1 heterocycles. The minimum Gasteiger partial charge on any atom is -0.484 e. The molecule has 0 unspecified atom stereocenters. The third-order valence-electron chi connectivity index (χ3n) is 3.23. The minimum atomic E-state index is -0.299. The van der Waals surface area contributed by atoms with Gasteiger partial charge in [0.1, 0.15) is 12.3 Å². The lowest BCUT2D eigenvalue weighted by Gasteiger charge is -2.19. The Labute approximate surface area is 135 Å². The third-order valence-corrected chi connectivity index (χ3v) is 3.23. The molecule has 0 atom stereocenters. The van der Waals surface area contributed by atoms with Crippen molar-refractivity contribution in [1.82, 2.24) is 9.78 Å². The molecule has 0 saturated carbocycles. The predicted octanol–water partition coefficient (Wildman–Crippen LogP) is 2.72. The molecule has 2 aromatic rings. The third kappa shape index (κ3) is 4.85. The van der Waals surface area contributed by atoms with Gasteiger partial charge in [-0.2, -0.15) is 10.4 Å². The van der Waals surface area contributed by atoms with Crippen LogP contribution >= 0.6 is 0 Å². The quantitative estimate of drug-likeness (QED) is 0.920. The Balaban J connectivity index is 1.85. The SMILES string of the molecule is CC(C)(C)c1ccc(OCC(=O)Nc2ccn(CC#N)n2)cc1. The van der Waals surface area contributed by atoms with Gasteiger partial charge in [0, 0.05) is 12.3 Å². The molecular formula is C17H20N4O2. The van der Waals surface area contributed by atoms with Crippen LogP contribution in [0.3, 0.4) is 0 Å². The number of rotatable bonds is 5. The molecule has 0 radical (unpaired) electrons. The van der Waals surface area contributed by atoms with Crippen LogP contribution in [0.5, 0.6) is 5.75 Å². The molecule has 6 nitrogen and oxygen atoms in total. The molecule has 1 N–H and O–H groups in total. The molecule has 1 amide bonds. The normalized spacial score (nSPS) is 10.9. The lowest BCUT2D eigenvalue weighted by Crippen LogP contribution is -2.20.